The lowest BCUT2D eigenvalue weighted by Gasteiger charge is -2.35. The molecule has 1 saturated heterocycles. The molecule has 0 bridgehead atoms. The predicted octanol–water partition coefficient (Wildman–Crippen LogP) is 4.34. The number of benzene rings is 3. The quantitative estimate of drug-likeness (QED) is 0.446. The number of rotatable bonds is 8. The third-order valence-corrected chi connectivity index (χ3v) is 7.22. The van der Waals surface area contributed by atoms with Gasteiger partial charge in [-0.05, 0) is 35.4 Å². The Morgan fingerprint density at radius 2 is 1.63 bits per heavy atom. The molecule has 5 rings (SSSR count). The van der Waals surface area contributed by atoms with E-state index >= 15 is 0 Å². The van der Waals surface area contributed by atoms with E-state index in [0.29, 0.717) is 17.9 Å². The Bertz CT molecular complexity index is 1270. The van der Waals surface area contributed by atoms with E-state index in [1.807, 2.05) is 24.3 Å². The van der Waals surface area contributed by atoms with E-state index in [4.69, 9.17) is 14.6 Å². The maximum atomic E-state index is 13.7. The van der Waals surface area contributed by atoms with Crippen LogP contribution in [0.5, 0.6) is 11.5 Å². The van der Waals surface area contributed by atoms with Gasteiger partial charge < -0.3 is 9.47 Å². The van der Waals surface area contributed by atoms with Crippen LogP contribution < -0.4 is 9.47 Å². The van der Waals surface area contributed by atoms with Crippen LogP contribution in [-0.2, 0) is 11.3 Å². The molecule has 0 unspecified atom stereocenters. The van der Waals surface area contributed by atoms with E-state index in [0.717, 1.165) is 49.6 Å². The molecule has 0 aliphatic carbocycles. The molecule has 3 aromatic carbocycles. The molecule has 1 fully saturated rings. The van der Waals surface area contributed by atoms with Gasteiger partial charge in [0.2, 0.25) is 0 Å². The zero-order valence-corrected chi connectivity index (χ0v) is 21.8. The summed E-state index contributed by atoms with van der Waals surface area (Å²) in [5, 5.41) is 6.34. The highest BCUT2D eigenvalue weighted by molar-refractivity contribution is 6.03. The Morgan fingerprint density at radius 1 is 0.921 bits per heavy atom. The second kappa shape index (κ2) is 11.8. The number of carbonyl (C=O) groups excluding carboxylic acids is 1. The molecule has 2 aliphatic rings. The molecule has 0 radical (unpaired) electrons. The fraction of sp³-hybridized carbons (Fsp3) is 0.333. The van der Waals surface area contributed by atoms with Crippen LogP contribution in [0.1, 0.15) is 29.2 Å². The number of ether oxygens (including phenoxy) is 2. The summed E-state index contributed by atoms with van der Waals surface area (Å²) in [5.74, 6) is 0.938. The van der Waals surface area contributed by atoms with Crippen LogP contribution >= 0.6 is 0 Å². The number of hydrogen-bond donors (Lipinski definition) is 0. The van der Waals surface area contributed by atoms with Gasteiger partial charge in [0.1, 0.15) is 17.3 Å². The molecular weight excluding hydrogens is 483 g/mol. The van der Waals surface area contributed by atoms with Crippen molar-refractivity contribution in [1.82, 2.24) is 14.8 Å². The molecule has 0 aromatic heterocycles. The molecule has 7 nitrogen and oxygen atoms in total. The van der Waals surface area contributed by atoms with E-state index in [1.54, 1.807) is 31.4 Å². The highest BCUT2D eigenvalue weighted by Crippen LogP contribution is 2.39. The first-order valence-electron chi connectivity index (χ1n) is 12.9. The zero-order valence-electron chi connectivity index (χ0n) is 21.8. The maximum Gasteiger partial charge on any atom is 0.257 e. The summed E-state index contributed by atoms with van der Waals surface area (Å²) in [6.45, 7) is 4.65. The Labute approximate surface area is 223 Å². The Balaban J connectivity index is 1.31. The van der Waals surface area contributed by atoms with Gasteiger partial charge in [-0.2, -0.15) is 5.10 Å². The van der Waals surface area contributed by atoms with E-state index in [9.17, 15) is 9.18 Å². The van der Waals surface area contributed by atoms with Crippen molar-refractivity contribution in [3.05, 3.63) is 95.3 Å². The predicted molar refractivity (Wildman–Crippen MR) is 145 cm³/mol. The molecule has 38 heavy (non-hydrogen) atoms. The molecule has 0 saturated carbocycles. The first-order valence-corrected chi connectivity index (χ1v) is 12.9. The van der Waals surface area contributed by atoms with Crippen LogP contribution in [0.25, 0.3) is 0 Å². The third-order valence-electron chi connectivity index (χ3n) is 7.22. The topological polar surface area (TPSA) is 57.6 Å². The van der Waals surface area contributed by atoms with Crippen molar-refractivity contribution in [2.24, 2.45) is 5.10 Å². The second-order valence-electron chi connectivity index (χ2n) is 9.66. The van der Waals surface area contributed by atoms with E-state index in [-0.39, 0.29) is 24.3 Å². The largest absolute Gasteiger partial charge is 0.497 e. The van der Waals surface area contributed by atoms with Crippen molar-refractivity contribution in [2.45, 2.75) is 19.0 Å². The summed E-state index contributed by atoms with van der Waals surface area (Å²) in [7, 11) is 3.21. The number of piperazine rings is 1. The third kappa shape index (κ3) is 5.87. The van der Waals surface area contributed by atoms with Crippen molar-refractivity contribution in [1.29, 1.82) is 0 Å². The molecule has 0 spiro atoms. The number of hydrogen-bond acceptors (Lipinski definition) is 6. The highest BCUT2D eigenvalue weighted by Gasteiger charge is 2.36. The monoisotopic (exact) mass is 516 g/mol. The van der Waals surface area contributed by atoms with Crippen molar-refractivity contribution >= 4 is 11.6 Å². The van der Waals surface area contributed by atoms with Crippen LogP contribution in [0.4, 0.5) is 4.39 Å². The summed E-state index contributed by atoms with van der Waals surface area (Å²) in [6.07, 6.45) is 0.505. The van der Waals surface area contributed by atoms with E-state index in [1.165, 1.54) is 17.7 Å². The minimum absolute atomic E-state index is 0.0681. The van der Waals surface area contributed by atoms with Gasteiger partial charge in [-0.25, -0.2) is 9.40 Å². The van der Waals surface area contributed by atoms with Crippen molar-refractivity contribution < 1.29 is 18.7 Å². The van der Waals surface area contributed by atoms with Gasteiger partial charge in [0, 0.05) is 50.8 Å². The van der Waals surface area contributed by atoms with E-state index in [2.05, 4.69) is 34.1 Å². The molecule has 3 aromatic rings. The van der Waals surface area contributed by atoms with Crippen LogP contribution in [0, 0.1) is 5.82 Å². The molecule has 198 valence electrons. The molecule has 2 aliphatic heterocycles. The van der Waals surface area contributed by atoms with Gasteiger partial charge in [-0.1, -0.05) is 42.5 Å². The lowest BCUT2D eigenvalue weighted by Crippen LogP contribution is -2.49. The van der Waals surface area contributed by atoms with E-state index < -0.39 is 0 Å². The highest BCUT2D eigenvalue weighted by atomic mass is 19.1. The van der Waals surface area contributed by atoms with Gasteiger partial charge in [-0.3, -0.25) is 14.6 Å². The van der Waals surface area contributed by atoms with Crippen LogP contribution in [0.2, 0.25) is 0 Å². The SMILES string of the molecule is COc1ccc([C@@H]2CC(c3ccc(F)cc3)=NN2C(=O)CN2CCN(Cc3ccccc3)CC2)c(OC)c1. The fourth-order valence-corrected chi connectivity index (χ4v) is 5.10. The van der Waals surface area contributed by atoms with Gasteiger partial charge in [-0.15, -0.1) is 0 Å². The van der Waals surface area contributed by atoms with Crippen molar-refractivity contribution in [2.75, 3.05) is 46.9 Å². The summed E-state index contributed by atoms with van der Waals surface area (Å²) < 4.78 is 24.6. The van der Waals surface area contributed by atoms with Gasteiger partial charge in [0.15, 0.2) is 0 Å². The normalized spacial score (nSPS) is 18.3. The fourth-order valence-electron chi connectivity index (χ4n) is 5.10. The molecule has 2 heterocycles. The molecule has 1 amide bonds. The van der Waals surface area contributed by atoms with Gasteiger partial charge in [0.25, 0.3) is 5.91 Å². The Hall–Kier alpha value is -3.75. The Morgan fingerprint density at radius 3 is 2.32 bits per heavy atom. The number of nitrogens with zero attached hydrogens (tertiary/aromatic N) is 4. The summed E-state index contributed by atoms with van der Waals surface area (Å²) in [5.41, 5.74) is 3.70. The van der Waals surface area contributed by atoms with Crippen molar-refractivity contribution in [3.8, 4) is 11.5 Å². The molecule has 0 N–H and O–H groups in total. The van der Waals surface area contributed by atoms with Crippen LogP contribution in [0.3, 0.4) is 0 Å². The summed E-state index contributed by atoms with van der Waals surface area (Å²) in [4.78, 5) is 18.3. The molecule has 1 atom stereocenters. The number of methoxy groups -OCH3 is 2. The number of amides is 1. The lowest BCUT2D eigenvalue weighted by molar-refractivity contribution is -0.134. The maximum absolute atomic E-state index is 13.7. The smallest absolute Gasteiger partial charge is 0.257 e. The summed E-state index contributed by atoms with van der Waals surface area (Å²) >= 11 is 0. The Kier molecular flexibility index (Phi) is 8.00. The zero-order chi connectivity index (χ0) is 26.5. The first kappa shape index (κ1) is 25.9. The number of halogens is 1. The van der Waals surface area contributed by atoms with Crippen LogP contribution in [0.15, 0.2) is 77.9 Å². The molecule has 8 heteroatoms. The number of carbonyl (C=O) groups is 1. The van der Waals surface area contributed by atoms with Gasteiger partial charge in [0.05, 0.1) is 32.5 Å². The second-order valence-corrected chi connectivity index (χ2v) is 9.66. The average molecular weight is 517 g/mol. The standard InChI is InChI=1S/C30H33FN4O3/c1-37-25-12-13-26(29(18-25)38-2)28-19-27(23-8-10-24(31)11-9-23)32-35(28)30(36)21-34-16-14-33(15-17-34)20-22-6-4-3-5-7-22/h3-13,18,28H,14-17,19-21H2,1-2H3/t28-/m0/s1. The summed E-state index contributed by atoms with van der Waals surface area (Å²) in [6, 6.07) is 22.0. The molecular formula is C30H33FN4O3. The lowest BCUT2D eigenvalue weighted by atomic mass is 9.97. The minimum Gasteiger partial charge on any atom is -0.497 e. The minimum atomic E-state index is -0.331. The van der Waals surface area contributed by atoms with Gasteiger partial charge >= 0.3 is 0 Å². The van der Waals surface area contributed by atoms with Crippen molar-refractivity contribution in [3.63, 3.8) is 0 Å². The first-order chi connectivity index (χ1) is 18.5. The van der Waals surface area contributed by atoms with Crippen LogP contribution in [-0.4, -0.2) is 73.4 Å². The number of hydrazone groups is 1. The average Bonchev–Trinajstić information content (AvgIpc) is 3.40.